The number of nitrogens with zero attached hydrogens (tertiary/aromatic N) is 1. The monoisotopic (exact) mass is 445 g/mol. The molecule has 164 valence electrons. The minimum Gasteiger partial charge on any atom is -0.475 e. The quantitative estimate of drug-likeness (QED) is 0.523. The minimum absolute atomic E-state index is 0.581. The number of alkyl halides is 3. The van der Waals surface area contributed by atoms with Crippen molar-refractivity contribution in [3.8, 4) is 0 Å². The van der Waals surface area contributed by atoms with Gasteiger partial charge in [0.1, 0.15) is 0 Å². The Balaban J connectivity index is 0.000000396. The highest BCUT2D eigenvalue weighted by Gasteiger charge is 2.38. The molecule has 0 spiro atoms. The van der Waals surface area contributed by atoms with E-state index in [0.717, 1.165) is 37.4 Å². The van der Waals surface area contributed by atoms with Gasteiger partial charge in [0.05, 0.1) is 5.60 Å². The van der Waals surface area contributed by atoms with E-state index in [1.807, 2.05) is 24.3 Å². The fourth-order valence-electron chi connectivity index (χ4n) is 3.12. The average molecular weight is 445 g/mol. The second-order valence-electron chi connectivity index (χ2n) is 7.14. The van der Waals surface area contributed by atoms with Crippen molar-refractivity contribution in [2.45, 2.75) is 37.6 Å². The molecule has 1 saturated heterocycles. The number of rotatable bonds is 5. The highest BCUT2D eigenvalue weighted by molar-refractivity contribution is 7.22. The highest BCUT2D eigenvalue weighted by Crippen LogP contribution is 2.27. The van der Waals surface area contributed by atoms with Crippen molar-refractivity contribution in [3.05, 3.63) is 52.9 Å². The van der Waals surface area contributed by atoms with Gasteiger partial charge in [-0.15, -0.1) is 11.3 Å². The van der Waals surface area contributed by atoms with E-state index in [1.54, 1.807) is 6.07 Å². The summed E-state index contributed by atoms with van der Waals surface area (Å²) in [5.74, 6) is -2.76. The first kappa shape index (κ1) is 24.4. The summed E-state index contributed by atoms with van der Waals surface area (Å²) in [6.45, 7) is 2.52. The van der Waals surface area contributed by atoms with E-state index in [9.17, 15) is 28.3 Å². The van der Waals surface area contributed by atoms with Crippen molar-refractivity contribution in [2.24, 2.45) is 0 Å². The topological polar surface area (TPSA) is 101 Å². The van der Waals surface area contributed by atoms with Gasteiger partial charge in [-0.2, -0.15) is 13.2 Å². The molecular weight excluding hydrogens is 422 g/mol. The van der Waals surface area contributed by atoms with Crippen molar-refractivity contribution in [2.75, 3.05) is 13.1 Å². The number of hydrogen-bond acceptors (Lipinski definition) is 6. The number of likely N-dealkylation sites (tertiary alicyclic amines) is 1. The molecule has 6 nitrogen and oxygen atoms in total. The first-order valence-electron chi connectivity index (χ1n) is 9.22. The van der Waals surface area contributed by atoms with Crippen LogP contribution in [-0.4, -0.2) is 63.1 Å². The van der Waals surface area contributed by atoms with Crippen molar-refractivity contribution in [3.63, 3.8) is 0 Å². The summed E-state index contributed by atoms with van der Waals surface area (Å²) in [5, 5.41) is 36.3. The molecule has 2 aromatic rings. The molecule has 0 aliphatic carbocycles. The van der Waals surface area contributed by atoms with E-state index in [-0.39, 0.29) is 0 Å². The van der Waals surface area contributed by atoms with E-state index in [2.05, 4.69) is 17.0 Å². The molecule has 0 bridgehead atoms. The van der Waals surface area contributed by atoms with Crippen LogP contribution in [0, 0.1) is 0 Å². The predicted molar refractivity (Wildman–Crippen MR) is 107 cm³/mol. The smallest absolute Gasteiger partial charge is 0.475 e. The lowest BCUT2D eigenvalue weighted by Gasteiger charge is -2.38. The van der Waals surface area contributed by atoms with E-state index >= 15 is 0 Å². The standard InChI is InChI=1S/C17H22BNO3S.C2HF3O2/c20-17(12-14-4-2-1-3-5-14)8-10-19(11-9-17)13-15-6-7-16(23-15)18(21)22;3-2(4,5)1(6)7/h1-7,20-22H,8-13H2;(H,6,7). The van der Waals surface area contributed by atoms with Gasteiger partial charge < -0.3 is 20.3 Å². The van der Waals surface area contributed by atoms with Gasteiger partial charge in [0.25, 0.3) is 0 Å². The Morgan fingerprint density at radius 2 is 1.67 bits per heavy atom. The zero-order valence-corrected chi connectivity index (χ0v) is 16.9. The van der Waals surface area contributed by atoms with Gasteiger partial charge in [-0.1, -0.05) is 36.4 Å². The van der Waals surface area contributed by atoms with E-state index < -0.39 is 24.9 Å². The van der Waals surface area contributed by atoms with E-state index in [1.165, 1.54) is 16.9 Å². The van der Waals surface area contributed by atoms with Gasteiger partial charge in [-0.25, -0.2) is 4.79 Å². The van der Waals surface area contributed by atoms with Crippen molar-refractivity contribution in [1.29, 1.82) is 0 Å². The normalized spacial score (nSPS) is 16.5. The number of carboxylic acids is 1. The Bertz CT molecular complexity index is 808. The number of piperidine rings is 1. The van der Waals surface area contributed by atoms with Crippen molar-refractivity contribution >= 4 is 29.2 Å². The molecule has 1 aliphatic heterocycles. The molecular formula is C19H23BF3NO5S. The average Bonchev–Trinajstić information content (AvgIpc) is 3.13. The van der Waals surface area contributed by atoms with Crippen molar-refractivity contribution in [1.82, 2.24) is 4.90 Å². The summed E-state index contributed by atoms with van der Waals surface area (Å²) in [6.07, 6.45) is -2.84. The van der Waals surface area contributed by atoms with Crippen LogP contribution in [0.3, 0.4) is 0 Å². The van der Waals surface area contributed by atoms with E-state index in [0.29, 0.717) is 11.2 Å². The lowest BCUT2D eigenvalue weighted by Crippen LogP contribution is -2.45. The first-order valence-corrected chi connectivity index (χ1v) is 10.0. The number of benzene rings is 1. The summed E-state index contributed by atoms with van der Waals surface area (Å²) >= 11 is 1.43. The number of carboxylic acid groups (broad SMARTS) is 1. The molecule has 0 atom stereocenters. The van der Waals surface area contributed by atoms with Crippen LogP contribution in [0.2, 0.25) is 0 Å². The number of halogens is 3. The predicted octanol–water partition coefficient (Wildman–Crippen LogP) is 1.63. The SMILES string of the molecule is O=C(O)C(F)(F)F.OB(O)c1ccc(CN2CCC(O)(Cc3ccccc3)CC2)s1. The lowest BCUT2D eigenvalue weighted by atomic mass is 9.85. The first-order chi connectivity index (χ1) is 14.0. The number of hydrogen-bond donors (Lipinski definition) is 4. The number of thiophene rings is 1. The molecule has 1 aromatic heterocycles. The van der Waals surface area contributed by atoms with Crippen molar-refractivity contribution < 1.29 is 38.2 Å². The Labute approximate surface area is 176 Å². The van der Waals surface area contributed by atoms with Crippen LogP contribution in [0.5, 0.6) is 0 Å². The van der Waals surface area contributed by atoms with Gasteiger partial charge in [0, 0.05) is 35.7 Å². The zero-order valence-electron chi connectivity index (χ0n) is 16.0. The maximum Gasteiger partial charge on any atom is 0.499 e. The number of carbonyl (C=O) groups is 1. The molecule has 30 heavy (non-hydrogen) atoms. The van der Waals surface area contributed by atoms with Crippen LogP contribution < -0.4 is 4.78 Å². The van der Waals surface area contributed by atoms with Gasteiger partial charge in [-0.05, 0) is 24.5 Å². The molecule has 1 aliphatic rings. The highest BCUT2D eigenvalue weighted by atomic mass is 32.1. The third-order valence-corrected chi connectivity index (χ3v) is 5.83. The third-order valence-electron chi connectivity index (χ3n) is 4.72. The van der Waals surface area contributed by atoms with Crippen LogP contribution in [-0.2, 0) is 17.8 Å². The summed E-state index contributed by atoms with van der Waals surface area (Å²) in [4.78, 5) is 12.3. The molecule has 1 aromatic carbocycles. The lowest BCUT2D eigenvalue weighted by molar-refractivity contribution is -0.192. The fourth-order valence-corrected chi connectivity index (χ4v) is 4.05. The molecule has 0 radical (unpaired) electrons. The maximum atomic E-state index is 10.8. The molecule has 0 saturated carbocycles. The van der Waals surface area contributed by atoms with E-state index in [4.69, 9.17) is 9.90 Å². The largest absolute Gasteiger partial charge is 0.499 e. The minimum atomic E-state index is -5.08. The zero-order chi connectivity index (χ0) is 22.4. The third kappa shape index (κ3) is 7.73. The molecule has 0 amide bonds. The van der Waals surface area contributed by atoms with Crippen LogP contribution in [0.1, 0.15) is 23.3 Å². The van der Waals surface area contributed by atoms with Crippen LogP contribution >= 0.6 is 11.3 Å². The molecule has 2 heterocycles. The molecule has 0 unspecified atom stereocenters. The maximum absolute atomic E-state index is 10.8. The van der Waals surface area contributed by atoms with Gasteiger partial charge in [-0.3, -0.25) is 4.90 Å². The Morgan fingerprint density at radius 3 is 2.13 bits per heavy atom. The molecule has 3 rings (SSSR count). The summed E-state index contributed by atoms with van der Waals surface area (Å²) < 4.78 is 32.3. The molecule has 1 fully saturated rings. The second-order valence-corrected chi connectivity index (χ2v) is 8.34. The second kappa shape index (κ2) is 10.4. The fraction of sp³-hybridized carbons (Fsp3) is 0.421. The number of aliphatic carboxylic acids is 1. The summed E-state index contributed by atoms with van der Waals surface area (Å²) in [5.41, 5.74) is 0.572. The molecule has 11 heteroatoms. The number of aliphatic hydroxyl groups is 1. The Hall–Kier alpha value is -1.92. The van der Waals surface area contributed by atoms with Gasteiger partial charge in [0.15, 0.2) is 0 Å². The van der Waals surface area contributed by atoms with Crippen LogP contribution in [0.25, 0.3) is 0 Å². The van der Waals surface area contributed by atoms with Gasteiger partial charge >= 0.3 is 19.3 Å². The van der Waals surface area contributed by atoms with Crippen LogP contribution in [0.4, 0.5) is 13.2 Å². The Morgan fingerprint density at radius 1 is 1.10 bits per heavy atom. The van der Waals surface area contributed by atoms with Gasteiger partial charge in [0.2, 0.25) is 0 Å². The summed E-state index contributed by atoms with van der Waals surface area (Å²) in [6, 6.07) is 13.9. The summed E-state index contributed by atoms with van der Waals surface area (Å²) in [7, 11) is -1.38. The Kier molecular flexibility index (Phi) is 8.45. The molecule has 4 N–H and O–H groups in total. The van der Waals surface area contributed by atoms with Crippen LogP contribution in [0.15, 0.2) is 42.5 Å².